The van der Waals surface area contributed by atoms with Gasteiger partial charge in [-0.15, -0.1) is 0 Å². The highest BCUT2D eigenvalue weighted by Gasteiger charge is 2.25. The van der Waals surface area contributed by atoms with E-state index in [1.54, 1.807) is 0 Å². The standard InChI is InChI=1S/C24H46N2O3/c1-3-5-6-7-8-9-10-11-12-13-14-15-16-22(27)17-18-23-25-21(19-24(28)29)20-26(23)4-2/h21-22,27H,3-20H2,1-2H3,(H,28,29). The van der Waals surface area contributed by atoms with Gasteiger partial charge in [-0.3, -0.25) is 9.79 Å². The van der Waals surface area contributed by atoms with E-state index in [1.165, 1.54) is 70.6 Å². The Kier molecular flexibility index (Phi) is 14.9. The lowest BCUT2D eigenvalue weighted by molar-refractivity contribution is -0.137. The summed E-state index contributed by atoms with van der Waals surface area (Å²) in [6, 6.07) is -0.129. The molecule has 1 aliphatic rings. The highest BCUT2D eigenvalue weighted by Crippen LogP contribution is 2.18. The van der Waals surface area contributed by atoms with Gasteiger partial charge in [0.2, 0.25) is 0 Å². The summed E-state index contributed by atoms with van der Waals surface area (Å²) in [6.45, 7) is 5.89. The van der Waals surface area contributed by atoms with Gasteiger partial charge in [-0.1, -0.05) is 84.0 Å². The number of hydrogen-bond donors (Lipinski definition) is 2. The fourth-order valence-corrected chi connectivity index (χ4v) is 4.20. The first kappa shape index (κ1) is 25.9. The van der Waals surface area contributed by atoms with Crippen molar-refractivity contribution in [1.29, 1.82) is 0 Å². The number of hydrogen-bond acceptors (Lipinski definition) is 4. The summed E-state index contributed by atoms with van der Waals surface area (Å²) in [5.41, 5.74) is 0. The third-order valence-electron chi connectivity index (χ3n) is 6.01. The maximum Gasteiger partial charge on any atom is 0.305 e. The normalized spacial score (nSPS) is 17.6. The van der Waals surface area contributed by atoms with Gasteiger partial charge in [0.15, 0.2) is 0 Å². The molecule has 0 radical (unpaired) electrons. The summed E-state index contributed by atoms with van der Waals surface area (Å²) in [5, 5.41) is 19.2. The van der Waals surface area contributed by atoms with E-state index in [-0.39, 0.29) is 18.6 Å². The zero-order chi connectivity index (χ0) is 21.3. The number of carboxylic acids is 1. The van der Waals surface area contributed by atoms with Crippen LogP contribution in [-0.2, 0) is 4.79 Å². The predicted molar refractivity (Wildman–Crippen MR) is 122 cm³/mol. The first-order valence-corrected chi connectivity index (χ1v) is 12.3. The molecule has 2 atom stereocenters. The number of likely N-dealkylation sites (N-methyl/N-ethyl adjacent to an activating group) is 1. The van der Waals surface area contributed by atoms with Crippen molar-refractivity contribution >= 4 is 11.8 Å². The van der Waals surface area contributed by atoms with Crippen LogP contribution in [0.1, 0.15) is 117 Å². The first-order chi connectivity index (χ1) is 14.1. The summed E-state index contributed by atoms with van der Waals surface area (Å²) in [4.78, 5) is 17.6. The van der Waals surface area contributed by atoms with Crippen molar-refractivity contribution in [3.63, 3.8) is 0 Å². The van der Waals surface area contributed by atoms with Gasteiger partial charge in [0.25, 0.3) is 0 Å². The lowest BCUT2D eigenvalue weighted by atomic mass is 10.0. The number of carboxylic acid groups (broad SMARTS) is 1. The second-order valence-corrected chi connectivity index (χ2v) is 8.71. The molecule has 0 aromatic carbocycles. The molecule has 0 aromatic heterocycles. The number of unbranched alkanes of at least 4 members (excludes halogenated alkanes) is 11. The van der Waals surface area contributed by atoms with E-state index in [0.29, 0.717) is 6.54 Å². The number of aliphatic carboxylic acids is 1. The SMILES string of the molecule is CCCCCCCCCCCCCCC(O)CCC1=NC(CC(=O)O)CN1CC. The van der Waals surface area contributed by atoms with Crippen LogP contribution in [0.5, 0.6) is 0 Å². The molecular formula is C24H46N2O3. The van der Waals surface area contributed by atoms with Crippen LogP contribution in [-0.4, -0.2) is 52.2 Å². The molecule has 5 nitrogen and oxygen atoms in total. The summed E-state index contributed by atoms with van der Waals surface area (Å²) in [6.07, 6.45) is 18.2. The van der Waals surface area contributed by atoms with Crippen molar-refractivity contribution in [2.75, 3.05) is 13.1 Å². The number of carbonyl (C=O) groups is 1. The highest BCUT2D eigenvalue weighted by molar-refractivity contribution is 5.84. The molecular weight excluding hydrogens is 364 g/mol. The largest absolute Gasteiger partial charge is 0.481 e. The number of nitrogens with zero attached hydrogens (tertiary/aromatic N) is 2. The Hall–Kier alpha value is -1.10. The predicted octanol–water partition coefficient (Wildman–Crippen LogP) is 5.80. The minimum Gasteiger partial charge on any atom is -0.481 e. The molecule has 1 rings (SSSR count). The van der Waals surface area contributed by atoms with E-state index in [0.717, 1.165) is 38.1 Å². The van der Waals surface area contributed by atoms with Crippen molar-refractivity contribution in [2.45, 2.75) is 129 Å². The fourth-order valence-electron chi connectivity index (χ4n) is 4.20. The van der Waals surface area contributed by atoms with E-state index >= 15 is 0 Å². The zero-order valence-electron chi connectivity index (χ0n) is 19.1. The van der Waals surface area contributed by atoms with Gasteiger partial charge in [0.1, 0.15) is 0 Å². The molecule has 0 saturated heterocycles. The van der Waals surface area contributed by atoms with E-state index < -0.39 is 5.97 Å². The highest BCUT2D eigenvalue weighted by atomic mass is 16.4. The minimum atomic E-state index is -0.789. The lowest BCUT2D eigenvalue weighted by Crippen LogP contribution is -2.30. The molecule has 5 heteroatoms. The maximum absolute atomic E-state index is 10.9. The van der Waals surface area contributed by atoms with E-state index in [4.69, 9.17) is 5.11 Å². The number of aliphatic hydroxyl groups is 1. The van der Waals surface area contributed by atoms with Crippen LogP contribution < -0.4 is 0 Å². The van der Waals surface area contributed by atoms with Crippen LogP contribution in [0.2, 0.25) is 0 Å². The average Bonchev–Trinajstić information content (AvgIpc) is 3.08. The van der Waals surface area contributed by atoms with Gasteiger partial charge in [-0.05, 0) is 19.8 Å². The molecule has 0 saturated carbocycles. The van der Waals surface area contributed by atoms with Crippen LogP contribution in [0.3, 0.4) is 0 Å². The molecule has 0 aromatic rings. The third-order valence-corrected chi connectivity index (χ3v) is 6.01. The molecule has 2 N–H and O–H groups in total. The van der Waals surface area contributed by atoms with Gasteiger partial charge in [0.05, 0.1) is 24.4 Å². The number of aliphatic imine (C=N–C) groups is 1. The molecule has 2 unspecified atom stereocenters. The minimum absolute atomic E-state index is 0.0986. The van der Waals surface area contributed by atoms with Crippen molar-refractivity contribution in [1.82, 2.24) is 4.90 Å². The van der Waals surface area contributed by atoms with Crippen molar-refractivity contribution in [3.05, 3.63) is 0 Å². The molecule has 1 heterocycles. The Morgan fingerprint density at radius 2 is 1.52 bits per heavy atom. The monoisotopic (exact) mass is 410 g/mol. The van der Waals surface area contributed by atoms with E-state index in [9.17, 15) is 9.90 Å². The van der Waals surface area contributed by atoms with Crippen molar-refractivity contribution < 1.29 is 15.0 Å². The van der Waals surface area contributed by atoms with Crippen LogP contribution >= 0.6 is 0 Å². The van der Waals surface area contributed by atoms with Crippen LogP contribution in [0.25, 0.3) is 0 Å². The molecule has 0 aliphatic carbocycles. The Morgan fingerprint density at radius 3 is 2.03 bits per heavy atom. The molecule has 0 spiro atoms. The topological polar surface area (TPSA) is 73.1 Å². The Bertz CT molecular complexity index is 453. The van der Waals surface area contributed by atoms with Gasteiger partial charge < -0.3 is 15.1 Å². The van der Waals surface area contributed by atoms with E-state index in [2.05, 4.69) is 23.7 Å². The van der Waals surface area contributed by atoms with Crippen LogP contribution in [0, 0.1) is 0 Å². The molecule has 1 aliphatic heterocycles. The summed E-state index contributed by atoms with van der Waals surface area (Å²) < 4.78 is 0. The summed E-state index contributed by atoms with van der Waals surface area (Å²) in [7, 11) is 0. The molecule has 170 valence electrons. The zero-order valence-corrected chi connectivity index (χ0v) is 19.1. The Labute approximate surface area is 179 Å². The van der Waals surface area contributed by atoms with Crippen LogP contribution in [0.15, 0.2) is 4.99 Å². The third kappa shape index (κ3) is 12.9. The Morgan fingerprint density at radius 1 is 0.966 bits per heavy atom. The maximum atomic E-state index is 10.9. The number of aliphatic hydroxyl groups excluding tert-OH is 1. The van der Waals surface area contributed by atoms with Gasteiger partial charge in [-0.2, -0.15) is 0 Å². The second-order valence-electron chi connectivity index (χ2n) is 8.71. The van der Waals surface area contributed by atoms with Crippen LogP contribution in [0.4, 0.5) is 0 Å². The van der Waals surface area contributed by atoms with Gasteiger partial charge in [0, 0.05) is 19.5 Å². The molecule has 0 amide bonds. The fraction of sp³-hybridized carbons (Fsp3) is 0.917. The summed E-state index contributed by atoms with van der Waals surface area (Å²) in [5.74, 6) is 0.190. The smallest absolute Gasteiger partial charge is 0.305 e. The molecule has 29 heavy (non-hydrogen) atoms. The van der Waals surface area contributed by atoms with Gasteiger partial charge in [-0.25, -0.2) is 0 Å². The first-order valence-electron chi connectivity index (χ1n) is 12.3. The van der Waals surface area contributed by atoms with Gasteiger partial charge >= 0.3 is 5.97 Å². The Balaban J connectivity index is 2.00. The average molecular weight is 411 g/mol. The van der Waals surface area contributed by atoms with Crippen molar-refractivity contribution in [3.8, 4) is 0 Å². The van der Waals surface area contributed by atoms with Crippen molar-refractivity contribution in [2.24, 2.45) is 4.99 Å². The lowest BCUT2D eigenvalue weighted by Gasteiger charge is -2.19. The molecule has 0 bridgehead atoms. The second kappa shape index (κ2) is 16.7. The van der Waals surface area contributed by atoms with E-state index in [1.807, 2.05) is 0 Å². The molecule has 0 fully saturated rings. The quantitative estimate of drug-likeness (QED) is 0.264. The number of amidine groups is 1. The number of rotatable bonds is 19. The summed E-state index contributed by atoms with van der Waals surface area (Å²) >= 11 is 0.